The summed E-state index contributed by atoms with van der Waals surface area (Å²) in [5.74, 6) is -0.130. The molecule has 7 heteroatoms. The zero-order valence-electron chi connectivity index (χ0n) is 7.82. The monoisotopic (exact) mass is 200 g/mol. The fourth-order valence-electron chi connectivity index (χ4n) is 0.760. The minimum Gasteiger partial charge on any atom is -0.370 e. The summed E-state index contributed by atoms with van der Waals surface area (Å²) >= 11 is 0. The van der Waals surface area contributed by atoms with E-state index in [0.717, 1.165) is 0 Å². The quantitative estimate of drug-likeness (QED) is 0.585. The zero-order valence-corrected chi connectivity index (χ0v) is 7.82. The molecule has 14 heavy (non-hydrogen) atoms. The third-order valence-corrected chi connectivity index (χ3v) is 1.39. The molecule has 0 aliphatic rings. The summed E-state index contributed by atoms with van der Waals surface area (Å²) in [4.78, 5) is 14.8. The van der Waals surface area contributed by atoms with Gasteiger partial charge in [0.15, 0.2) is 0 Å². The molecule has 0 saturated carbocycles. The first-order chi connectivity index (χ1) is 6.77. The van der Waals surface area contributed by atoms with E-state index in [-0.39, 0.29) is 24.2 Å². The van der Waals surface area contributed by atoms with Gasteiger partial charge in [-0.1, -0.05) is 5.16 Å². The summed E-state index contributed by atoms with van der Waals surface area (Å²) in [7, 11) is 1.49. The van der Waals surface area contributed by atoms with Gasteiger partial charge in [0.1, 0.15) is 6.61 Å². The highest BCUT2D eigenvalue weighted by molar-refractivity contribution is 5.89. The molecule has 0 aliphatic carbocycles. The van der Waals surface area contributed by atoms with Gasteiger partial charge in [0.25, 0.3) is 17.6 Å². The highest BCUT2D eigenvalue weighted by Crippen LogP contribution is 1.98. The van der Waals surface area contributed by atoms with Gasteiger partial charge < -0.3 is 20.3 Å². The second-order valence-electron chi connectivity index (χ2n) is 2.43. The number of aromatic nitrogens is 2. The molecular weight excluding hydrogens is 188 g/mol. The molecule has 0 bridgehead atoms. The molecule has 0 aliphatic heterocycles. The lowest BCUT2D eigenvalue weighted by atomic mass is 10.5. The Hall–Kier alpha value is -1.47. The minimum absolute atomic E-state index is 0.00107. The van der Waals surface area contributed by atoms with Crippen LogP contribution in [0.25, 0.3) is 0 Å². The molecule has 1 aromatic rings. The molecule has 1 aromatic heterocycles. The first kappa shape index (κ1) is 10.6. The Morgan fingerprint density at radius 3 is 3.14 bits per heavy atom. The minimum atomic E-state index is -0.390. The largest absolute Gasteiger partial charge is 0.370 e. The number of nitrogens with two attached hydrogens (primary N) is 1. The van der Waals surface area contributed by atoms with Crippen LogP contribution in [-0.2, 0) is 11.3 Å². The van der Waals surface area contributed by atoms with Crippen molar-refractivity contribution < 1.29 is 14.1 Å². The van der Waals surface area contributed by atoms with E-state index in [4.69, 9.17) is 15.0 Å². The predicted octanol–water partition coefficient (Wildman–Crippen LogP) is -1.10. The Labute approximate surface area is 80.6 Å². The standard InChI is InChI=1S/C7H12N4O3/c1-9-7(12)6-10-5(14-11-6)4-13-3-2-8/h2-4,8H2,1H3,(H,9,12). The summed E-state index contributed by atoms with van der Waals surface area (Å²) in [5.41, 5.74) is 5.21. The van der Waals surface area contributed by atoms with Crippen molar-refractivity contribution in [3.05, 3.63) is 11.7 Å². The van der Waals surface area contributed by atoms with Crippen LogP contribution >= 0.6 is 0 Å². The number of amides is 1. The Morgan fingerprint density at radius 2 is 2.50 bits per heavy atom. The van der Waals surface area contributed by atoms with E-state index in [9.17, 15) is 4.79 Å². The van der Waals surface area contributed by atoms with Crippen LogP contribution in [-0.4, -0.2) is 36.2 Å². The van der Waals surface area contributed by atoms with Crippen LogP contribution in [0.1, 0.15) is 16.5 Å². The second kappa shape index (κ2) is 5.30. The van der Waals surface area contributed by atoms with Crippen LogP contribution in [0.5, 0.6) is 0 Å². The molecule has 0 atom stereocenters. The number of carbonyl (C=O) groups is 1. The number of rotatable bonds is 5. The van der Waals surface area contributed by atoms with Crippen molar-refractivity contribution in [1.82, 2.24) is 15.5 Å². The first-order valence-electron chi connectivity index (χ1n) is 4.10. The Morgan fingerprint density at radius 1 is 1.71 bits per heavy atom. The molecule has 3 N–H and O–H groups in total. The number of ether oxygens (including phenoxy) is 1. The lowest BCUT2D eigenvalue weighted by Crippen LogP contribution is -2.19. The smallest absolute Gasteiger partial charge is 0.292 e. The van der Waals surface area contributed by atoms with Crippen LogP contribution in [0.2, 0.25) is 0 Å². The van der Waals surface area contributed by atoms with E-state index < -0.39 is 0 Å². The van der Waals surface area contributed by atoms with E-state index in [1.54, 1.807) is 0 Å². The molecule has 1 amide bonds. The number of nitrogens with one attached hydrogen (secondary N) is 1. The number of hydrogen-bond acceptors (Lipinski definition) is 6. The van der Waals surface area contributed by atoms with Gasteiger partial charge in [0.2, 0.25) is 0 Å². The summed E-state index contributed by atoms with van der Waals surface area (Å²) in [6.45, 7) is 1.01. The molecular formula is C7H12N4O3. The summed E-state index contributed by atoms with van der Waals surface area (Å²) < 4.78 is 9.79. The van der Waals surface area contributed by atoms with Gasteiger partial charge in [-0.2, -0.15) is 4.98 Å². The van der Waals surface area contributed by atoms with Crippen LogP contribution in [0.15, 0.2) is 4.52 Å². The van der Waals surface area contributed by atoms with E-state index in [1.807, 2.05) is 0 Å². The maximum Gasteiger partial charge on any atom is 0.292 e. The molecule has 0 fully saturated rings. The summed E-state index contributed by atoms with van der Waals surface area (Å²) in [5, 5.41) is 5.83. The molecule has 0 radical (unpaired) electrons. The van der Waals surface area contributed by atoms with Gasteiger partial charge in [0, 0.05) is 13.6 Å². The summed E-state index contributed by atoms with van der Waals surface area (Å²) in [6, 6.07) is 0. The fourth-order valence-corrected chi connectivity index (χ4v) is 0.760. The van der Waals surface area contributed by atoms with Crippen molar-refractivity contribution in [2.24, 2.45) is 5.73 Å². The van der Waals surface area contributed by atoms with Crippen molar-refractivity contribution in [2.75, 3.05) is 20.2 Å². The van der Waals surface area contributed by atoms with Crippen molar-refractivity contribution in [3.63, 3.8) is 0 Å². The molecule has 0 spiro atoms. The molecule has 1 heterocycles. The van der Waals surface area contributed by atoms with Crippen LogP contribution in [0.3, 0.4) is 0 Å². The second-order valence-corrected chi connectivity index (χ2v) is 2.43. The topological polar surface area (TPSA) is 103 Å². The van der Waals surface area contributed by atoms with Gasteiger partial charge in [0.05, 0.1) is 6.61 Å². The Bertz CT molecular complexity index is 299. The van der Waals surface area contributed by atoms with Gasteiger partial charge in [-0.25, -0.2) is 0 Å². The van der Waals surface area contributed by atoms with Gasteiger partial charge in [-0.15, -0.1) is 0 Å². The van der Waals surface area contributed by atoms with Crippen molar-refractivity contribution in [2.45, 2.75) is 6.61 Å². The number of hydrogen-bond donors (Lipinski definition) is 2. The van der Waals surface area contributed by atoms with E-state index in [1.165, 1.54) is 7.05 Å². The Balaban J connectivity index is 2.46. The van der Waals surface area contributed by atoms with Gasteiger partial charge in [-0.3, -0.25) is 4.79 Å². The lowest BCUT2D eigenvalue weighted by molar-refractivity contribution is 0.0949. The van der Waals surface area contributed by atoms with Crippen molar-refractivity contribution >= 4 is 5.91 Å². The van der Waals surface area contributed by atoms with E-state index >= 15 is 0 Å². The Kier molecular flexibility index (Phi) is 4.02. The zero-order chi connectivity index (χ0) is 10.4. The summed E-state index contributed by atoms with van der Waals surface area (Å²) in [6.07, 6.45) is 0. The van der Waals surface area contributed by atoms with Crippen molar-refractivity contribution in [3.8, 4) is 0 Å². The third-order valence-electron chi connectivity index (χ3n) is 1.39. The number of nitrogens with zero attached hydrogens (tertiary/aromatic N) is 2. The highest BCUT2D eigenvalue weighted by Gasteiger charge is 2.12. The lowest BCUT2D eigenvalue weighted by Gasteiger charge is -1.95. The van der Waals surface area contributed by atoms with Crippen LogP contribution < -0.4 is 11.1 Å². The first-order valence-corrected chi connectivity index (χ1v) is 4.10. The molecule has 0 unspecified atom stereocenters. The average molecular weight is 200 g/mol. The third kappa shape index (κ3) is 2.79. The molecule has 78 valence electrons. The maximum absolute atomic E-state index is 11.0. The molecule has 0 aromatic carbocycles. The van der Waals surface area contributed by atoms with Gasteiger partial charge in [-0.05, 0) is 0 Å². The van der Waals surface area contributed by atoms with Crippen LogP contribution in [0.4, 0.5) is 0 Å². The molecule has 0 saturated heterocycles. The maximum atomic E-state index is 11.0. The molecule has 7 nitrogen and oxygen atoms in total. The molecule has 1 rings (SSSR count). The highest BCUT2D eigenvalue weighted by atomic mass is 16.5. The van der Waals surface area contributed by atoms with Crippen LogP contribution in [0, 0.1) is 0 Å². The van der Waals surface area contributed by atoms with Gasteiger partial charge >= 0.3 is 0 Å². The SMILES string of the molecule is CNC(=O)c1noc(COCCN)n1. The van der Waals surface area contributed by atoms with Crippen molar-refractivity contribution in [1.29, 1.82) is 0 Å². The average Bonchev–Trinajstić information content (AvgIpc) is 2.66. The van der Waals surface area contributed by atoms with E-state index in [2.05, 4.69) is 15.5 Å². The van der Waals surface area contributed by atoms with E-state index in [0.29, 0.717) is 13.2 Å². The number of carbonyl (C=O) groups excluding carboxylic acids is 1. The predicted molar refractivity (Wildman–Crippen MR) is 46.4 cm³/mol. The normalized spacial score (nSPS) is 10.1. The fraction of sp³-hybridized carbons (Fsp3) is 0.571.